The maximum Gasteiger partial charge on any atom is 0.418 e. The minimum absolute atomic E-state index is 0.226. The van der Waals surface area contributed by atoms with Crippen LogP contribution in [0.5, 0.6) is 0 Å². The Balaban J connectivity index is 3.34. The Labute approximate surface area is 98.6 Å². The number of alkyl halides is 3. The molecule has 5 heteroatoms. The summed E-state index contributed by atoms with van der Waals surface area (Å²) in [4.78, 5) is 0. The van der Waals surface area contributed by atoms with Crippen LogP contribution in [0.1, 0.15) is 31.9 Å². The fourth-order valence-electron chi connectivity index (χ4n) is 1.42. The van der Waals surface area contributed by atoms with Crippen LogP contribution in [0.25, 0.3) is 0 Å². The third-order valence-corrected chi connectivity index (χ3v) is 2.32. The van der Waals surface area contributed by atoms with Crippen LogP contribution < -0.4 is 5.06 Å². The van der Waals surface area contributed by atoms with E-state index in [0.717, 1.165) is 6.07 Å². The first-order valence-electron chi connectivity index (χ1n) is 5.20. The Morgan fingerprint density at radius 1 is 1.12 bits per heavy atom. The van der Waals surface area contributed by atoms with E-state index >= 15 is 0 Å². The molecule has 0 aliphatic carbocycles. The zero-order valence-electron chi connectivity index (χ0n) is 10.3. The lowest BCUT2D eigenvalue weighted by Crippen LogP contribution is -2.39. The first-order chi connectivity index (χ1) is 7.53. The van der Waals surface area contributed by atoms with E-state index in [-0.39, 0.29) is 5.69 Å². The molecule has 2 nitrogen and oxygen atoms in total. The van der Waals surface area contributed by atoms with Crippen molar-refractivity contribution in [3.63, 3.8) is 0 Å². The van der Waals surface area contributed by atoms with E-state index in [9.17, 15) is 18.4 Å². The Morgan fingerprint density at radius 3 is 2.06 bits per heavy atom. The Kier molecular flexibility index (Phi) is 3.43. The van der Waals surface area contributed by atoms with Gasteiger partial charge >= 0.3 is 6.18 Å². The summed E-state index contributed by atoms with van der Waals surface area (Å²) in [5.41, 5.74) is -1.34. The van der Waals surface area contributed by atoms with Gasteiger partial charge in [-0.2, -0.15) is 13.2 Å². The van der Waals surface area contributed by atoms with E-state index in [1.807, 2.05) is 0 Å². The molecule has 0 spiro atoms. The first kappa shape index (κ1) is 13.8. The van der Waals surface area contributed by atoms with Gasteiger partial charge in [0, 0.05) is 0 Å². The lowest BCUT2D eigenvalue weighted by Gasteiger charge is -2.33. The monoisotopic (exact) mass is 247 g/mol. The van der Waals surface area contributed by atoms with Gasteiger partial charge in [-0.05, 0) is 39.8 Å². The molecule has 0 bridgehead atoms. The summed E-state index contributed by atoms with van der Waals surface area (Å²) >= 11 is 0. The van der Waals surface area contributed by atoms with E-state index < -0.39 is 17.3 Å². The van der Waals surface area contributed by atoms with Gasteiger partial charge in [0.15, 0.2) is 0 Å². The summed E-state index contributed by atoms with van der Waals surface area (Å²) < 4.78 is 38.5. The number of rotatable bonds is 1. The molecule has 17 heavy (non-hydrogen) atoms. The molecular weight excluding hydrogens is 231 g/mol. The highest BCUT2D eigenvalue weighted by molar-refractivity contribution is 5.55. The second-order valence-electron chi connectivity index (χ2n) is 5.00. The fraction of sp³-hybridized carbons (Fsp3) is 0.500. The summed E-state index contributed by atoms with van der Waals surface area (Å²) in [6, 6.07) is 3.85. The Morgan fingerprint density at radius 2 is 1.65 bits per heavy atom. The van der Waals surface area contributed by atoms with Crippen molar-refractivity contribution >= 4 is 5.69 Å². The van der Waals surface area contributed by atoms with Crippen LogP contribution >= 0.6 is 0 Å². The summed E-state index contributed by atoms with van der Waals surface area (Å²) in [5.74, 6) is 0. The second-order valence-corrected chi connectivity index (χ2v) is 5.00. The van der Waals surface area contributed by atoms with Gasteiger partial charge in [-0.1, -0.05) is 11.6 Å². The molecule has 0 fully saturated rings. The zero-order chi connectivity index (χ0) is 13.4. The van der Waals surface area contributed by atoms with Crippen molar-refractivity contribution in [3.8, 4) is 0 Å². The van der Waals surface area contributed by atoms with Crippen molar-refractivity contribution in [2.75, 3.05) is 5.06 Å². The van der Waals surface area contributed by atoms with Gasteiger partial charge in [0.1, 0.15) is 0 Å². The first-order valence-corrected chi connectivity index (χ1v) is 5.20. The number of benzene rings is 1. The number of hydrogen-bond donors (Lipinski definition) is 1. The topological polar surface area (TPSA) is 23.5 Å². The lowest BCUT2D eigenvalue weighted by atomic mass is 10.0. The van der Waals surface area contributed by atoms with Crippen molar-refractivity contribution in [1.29, 1.82) is 0 Å². The van der Waals surface area contributed by atoms with E-state index in [1.165, 1.54) is 6.07 Å². The summed E-state index contributed by atoms with van der Waals surface area (Å²) in [6.45, 7) is 6.48. The van der Waals surface area contributed by atoms with E-state index in [4.69, 9.17) is 0 Å². The number of halogens is 3. The molecule has 0 aromatic heterocycles. The standard InChI is InChI=1S/C12H16F3NO/c1-8-5-6-10(16(17)11(2,3)4)9(7-8)12(13,14)15/h5-7,17H,1-4H3. The molecule has 1 aromatic rings. The summed E-state index contributed by atoms with van der Waals surface area (Å²) in [6.07, 6.45) is -4.48. The van der Waals surface area contributed by atoms with Crippen LogP contribution in [0.3, 0.4) is 0 Å². The molecule has 1 rings (SSSR count). The number of anilines is 1. The molecule has 0 heterocycles. The highest BCUT2D eigenvalue weighted by Crippen LogP contribution is 2.38. The van der Waals surface area contributed by atoms with E-state index in [2.05, 4.69) is 0 Å². The second kappa shape index (κ2) is 4.22. The molecule has 0 saturated carbocycles. The number of hydrogen-bond acceptors (Lipinski definition) is 2. The quantitative estimate of drug-likeness (QED) is 0.758. The maximum absolute atomic E-state index is 12.8. The number of aryl methyl sites for hydroxylation is 1. The van der Waals surface area contributed by atoms with Gasteiger partial charge < -0.3 is 0 Å². The van der Waals surface area contributed by atoms with E-state index in [1.54, 1.807) is 33.8 Å². The minimum Gasteiger partial charge on any atom is -0.288 e. The van der Waals surface area contributed by atoms with Gasteiger partial charge in [-0.25, -0.2) is 0 Å². The minimum atomic E-state index is -4.48. The highest BCUT2D eigenvalue weighted by atomic mass is 19.4. The Bertz CT molecular complexity index is 407. The molecule has 0 aliphatic heterocycles. The Hall–Kier alpha value is -1.23. The van der Waals surface area contributed by atoms with Gasteiger partial charge in [-0.3, -0.25) is 10.3 Å². The smallest absolute Gasteiger partial charge is 0.288 e. The molecular formula is C12H16F3NO. The lowest BCUT2D eigenvalue weighted by molar-refractivity contribution is -0.137. The predicted octanol–water partition coefficient (Wildman–Crippen LogP) is 4.01. The molecule has 96 valence electrons. The average molecular weight is 247 g/mol. The molecule has 0 aliphatic rings. The number of hydroxylamine groups is 1. The third kappa shape index (κ3) is 3.12. The summed E-state index contributed by atoms with van der Waals surface area (Å²) in [5, 5.41) is 10.5. The zero-order valence-corrected chi connectivity index (χ0v) is 10.3. The largest absolute Gasteiger partial charge is 0.418 e. The van der Waals surface area contributed by atoms with Gasteiger partial charge in [0.2, 0.25) is 0 Å². The maximum atomic E-state index is 12.8. The SMILES string of the molecule is Cc1ccc(N(O)C(C)(C)C)c(C(F)(F)F)c1. The van der Waals surface area contributed by atoms with Crippen LogP contribution in [0.2, 0.25) is 0 Å². The van der Waals surface area contributed by atoms with Crippen molar-refractivity contribution in [2.45, 2.75) is 39.4 Å². The molecule has 0 amide bonds. The third-order valence-electron chi connectivity index (χ3n) is 2.32. The van der Waals surface area contributed by atoms with Gasteiger partial charge in [0.05, 0.1) is 16.8 Å². The number of nitrogens with zero attached hydrogens (tertiary/aromatic N) is 1. The molecule has 0 atom stereocenters. The van der Waals surface area contributed by atoms with Crippen LogP contribution in [0, 0.1) is 6.92 Å². The molecule has 0 saturated heterocycles. The predicted molar refractivity (Wildman–Crippen MR) is 60.2 cm³/mol. The van der Waals surface area contributed by atoms with Crippen molar-refractivity contribution in [2.24, 2.45) is 0 Å². The fourth-order valence-corrected chi connectivity index (χ4v) is 1.42. The average Bonchev–Trinajstić information content (AvgIpc) is 2.14. The van der Waals surface area contributed by atoms with Gasteiger partial charge in [-0.15, -0.1) is 0 Å². The van der Waals surface area contributed by atoms with Crippen molar-refractivity contribution < 1.29 is 18.4 Å². The summed E-state index contributed by atoms with van der Waals surface area (Å²) in [7, 11) is 0. The van der Waals surface area contributed by atoms with Crippen LogP contribution in [-0.2, 0) is 6.18 Å². The van der Waals surface area contributed by atoms with Crippen LogP contribution in [0.15, 0.2) is 18.2 Å². The molecule has 0 radical (unpaired) electrons. The molecule has 0 unspecified atom stereocenters. The van der Waals surface area contributed by atoms with Gasteiger partial charge in [0.25, 0.3) is 0 Å². The normalized spacial score (nSPS) is 12.7. The van der Waals surface area contributed by atoms with E-state index in [0.29, 0.717) is 10.6 Å². The molecule has 1 N–H and O–H groups in total. The van der Waals surface area contributed by atoms with Crippen LogP contribution in [-0.4, -0.2) is 10.7 Å². The highest BCUT2D eigenvalue weighted by Gasteiger charge is 2.36. The van der Waals surface area contributed by atoms with Crippen LogP contribution in [0.4, 0.5) is 18.9 Å². The van der Waals surface area contributed by atoms with Crippen molar-refractivity contribution in [1.82, 2.24) is 0 Å². The van der Waals surface area contributed by atoms with Crippen molar-refractivity contribution in [3.05, 3.63) is 29.3 Å². The molecule has 1 aromatic carbocycles.